The Labute approximate surface area is 164 Å². The topological polar surface area (TPSA) is 17.8 Å². The molecule has 6 heteroatoms. The average Bonchev–Trinajstić information content (AvgIpc) is 3.07. The quantitative estimate of drug-likeness (QED) is 0.427. The van der Waals surface area contributed by atoms with Gasteiger partial charge in [0.1, 0.15) is 0 Å². The first-order valence-corrected chi connectivity index (χ1v) is 9.98. The zero-order valence-corrected chi connectivity index (χ0v) is 16.6. The highest BCUT2D eigenvalue weighted by molar-refractivity contribution is 9.10. The molecule has 1 heterocycles. The van der Waals surface area contributed by atoms with Crippen molar-refractivity contribution < 1.29 is 0 Å². The Bertz CT molecular complexity index is 791. The van der Waals surface area contributed by atoms with Crippen molar-refractivity contribution in [2.75, 3.05) is 0 Å². The second-order valence-electron chi connectivity index (χ2n) is 5.35. The SMILES string of the molecule is Clc1ccc(CSC(Cn2ccnc2)c2ccc(Br)cc2)c(Cl)c1. The van der Waals surface area contributed by atoms with E-state index in [4.69, 9.17) is 23.2 Å². The molecule has 2 nitrogen and oxygen atoms in total. The largest absolute Gasteiger partial charge is 0.336 e. The predicted molar refractivity (Wildman–Crippen MR) is 107 cm³/mol. The zero-order valence-electron chi connectivity index (χ0n) is 12.7. The normalized spacial score (nSPS) is 12.3. The minimum Gasteiger partial charge on any atom is -0.336 e. The van der Waals surface area contributed by atoms with Gasteiger partial charge in [-0.2, -0.15) is 0 Å². The van der Waals surface area contributed by atoms with Crippen molar-refractivity contribution in [3.63, 3.8) is 0 Å². The van der Waals surface area contributed by atoms with E-state index in [0.29, 0.717) is 15.3 Å². The van der Waals surface area contributed by atoms with Gasteiger partial charge in [0.2, 0.25) is 0 Å². The van der Waals surface area contributed by atoms with E-state index in [9.17, 15) is 0 Å². The van der Waals surface area contributed by atoms with E-state index in [-0.39, 0.29) is 0 Å². The molecule has 24 heavy (non-hydrogen) atoms. The lowest BCUT2D eigenvalue weighted by molar-refractivity contribution is 0.683. The van der Waals surface area contributed by atoms with Gasteiger partial charge >= 0.3 is 0 Å². The average molecular weight is 442 g/mol. The molecular weight excluding hydrogens is 427 g/mol. The highest BCUT2D eigenvalue weighted by Crippen LogP contribution is 2.35. The van der Waals surface area contributed by atoms with E-state index in [2.05, 4.69) is 49.7 Å². The fourth-order valence-electron chi connectivity index (χ4n) is 2.35. The van der Waals surface area contributed by atoms with Crippen LogP contribution in [0.1, 0.15) is 16.4 Å². The summed E-state index contributed by atoms with van der Waals surface area (Å²) < 4.78 is 3.18. The molecule has 0 spiro atoms. The Morgan fingerprint density at radius 1 is 1.12 bits per heavy atom. The van der Waals surface area contributed by atoms with Crippen LogP contribution in [0.3, 0.4) is 0 Å². The maximum atomic E-state index is 6.30. The van der Waals surface area contributed by atoms with E-state index >= 15 is 0 Å². The van der Waals surface area contributed by atoms with Gasteiger partial charge in [-0.05, 0) is 35.4 Å². The Balaban J connectivity index is 1.77. The van der Waals surface area contributed by atoms with Crippen molar-refractivity contribution in [3.05, 3.63) is 86.8 Å². The van der Waals surface area contributed by atoms with Crippen LogP contribution in [0, 0.1) is 0 Å². The van der Waals surface area contributed by atoms with Crippen molar-refractivity contribution >= 4 is 50.9 Å². The molecule has 0 aliphatic rings. The van der Waals surface area contributed by atoms with Crippen LogP contribution in [0.25, 0.3) is 0 Å². The molecule has 3 rings (SSSR count). The minimum atomic E-state index is 0.305. The molecule has 0 radical (unpaired) electrons. The van der Waals surface area contributed by atoms with E-state index in [1.54, 1.807) is 12.3 Å². The fourth-order valence-corrected chi connectivity index (χ4v) is 4.43. The molecule has 0 N–H and O–H groups in total. The number of hydrogen-bond donors (Lipinski definition) is 0. The Morgan fingerprint density at radius 2 is 1.92 bits per heavy atom. The van der Waals surface area contributed by atoms with Crippen LogP contribution in [-0.4, -0.2) is 9.55 Å². The minimum absolute atomic E-state index is 0.305. The van der Waals surface area contributed by atoms with Crippen LogP contribution in [0.15, 0.2) is 65.7 Å². The van der Waals surface area contributed by atoms with Crippen molar-refractivity contribution in [2.24, 2.45) is 0 Å². The maximum absolute atomic E-state index is 6.30. The third-order valence-electron chi connectivity index (χ3n) is 3.63. The number of nitrogens with zero attached hydrogens (tertiary/aromatic N) is 2. The summed E-state index contributed by atoms with van der Waals surface area (Å²) in [6.45, 7) is 0.859. The van der Waals surface area contributed by atoms with E-state index in [0.717, 1.165) is 22.3 Å². The van der Waals surface area contributed by atoms with E-state index in [1.807, 2.05) is 36.4 Å². The summed E-state index contributed by atoms with van der Waals surface area (Å²) >= 11 is 17.6. The summed E-state index contributed by atoms with van der Waals surface area (Å²) in [6, 6.07) is 14.1. The number of aromatic nitrogens is 2. The van der Waals surface area contributed by atoms with Crippen LogP contribution < -0.4 is 0 Å². The van der Waals surface area contributed by atoms with E-state index in [1.165, 1.54) is 5.56 Å². The second-order valence-corrected chi connectivity index (χ2v) is 8.30. The highest BCUT2D eigenvalue weighted by Gasteiger charge is 2.14. The first-order valence-electron chi connectivity index (χ1n) is 7.38. The molecule has 0 bridgehead atoms. The van der Waals surface area contributed by atoms with Gasteiger partial charge in [0.05, 0.1) is 6.33 Å². The summed E-state index contributed by atoms with van der Waals surface area (Å²) in [5, 5.41) is 1.68. The van der Waals surface area contributed by atoms with Crippen LogP contribution in [0.4, 0.5) is 0 Å². The van der Waals surface area contributed by atoms with Gasteiger partial charge in [-0.15, -0.1) is 11.8 Å². The summed E-state index contributed by atoms with van der Waals surface area (Å²) in [4.78, 5) is 4.14. The Kier molecular flexibility index (Phi) is 6.28. The van der Waals surface area contributed by atoms with E-state index < -0.39 is 0 Å². The first-order chi connectivity index (χ1) is 11.6. The number of rotatable bonds is 6. The lowest BCUT2D eigenvalue weighted by Crippen LogP contribution is -2.05. The van der Waals surface area contributed by atoms with Gasteiger partial charge in [-0.1, -0.05) is 57.3 Å². The predicted octanol–water partition coefficient (Wildman–Crippen LogP) is 6.63. The zero-order chi connectivity index (χ0) is 16.9. The first kappa shape index (κ1) is 17.9. The van der Waals surface area contributed by atoms with Gasteiger partial charge in [0.15, 0.2) is 0 Å². The van der Waals surface area contributed by atoms with Crippen LogP contribution in [0.2, 0.25) is 10.0 Å². The van der Waals surface area contributed by atoms with Crippen molar-refractivity contribution in [1.82, 2.24) is 9.55 Å². The molecule has 3 aromatic rings. The molecule has 0 saturated carbocycles. The lowest BCUT2D eigenvalue weighted by Gasteiger charge is -2.18. The molecule has 0 fully saturated rings. The summed E-state index contributed by atoms with van der Waals surface area (Å²) in [6.07, 6.45) is 5.64. The van der Waals surface area contributed by atoms with Gasteiger partial charge in [-0.25, -0.2) is 4.98 Å². The van der Waals surface area contributed by atoms with Gasteiger partial charge in [0.25, 0.3) is 0 Å². The molecule has 0 saturated heterocycles. The monoisotopic (exact) mass is 440 g/mol. The number of benzene rings is 2. The highest BCUT2D eigenvalue weighted by atomic mass is 79.9. The molecule has 0 amide bonds. The summed E-state index contributed by atoms with van der Waals surface area (Å²) in [5.74, 6) is 0.825. The molecule has 2 aromatic carbocycles. The summed E-state index contributed by atoms with van der Waals surface area (Å²) in [7, 11) is 0. The molecule has 124 valence electrons. The maximum Gasteiger partial charge on any atom is 0.0946 e. The van der Waals surface area contributed by atoms with Crippen molar-refractivity contribution in [2.45, 2.75) is 17.5 Å². The van der Waals surface area contributed by atoms with Crippen LogP contribution in [-0.2, 0) is 12.3 Å². The van der Waals surface area contributed by atoms with Gasteiger partial charge < -0.3 is 4.57 Å². The molecule has 1 aromatic heterocycles. The number of hydrogen-bond acceptors (Lipinski definition) is 2. The fraction of sp³-hybridized carbons (Fsp3) is 0.167. The Hall–Kier alpha value is -0.940. The standard InChI is InChI=1S/C18H15BrCl2N2S/c19-15-4-1-13(2-5-15)18(10-23-8-7-22-12-23)24-11-14-3-6-16(20)9-17(14)21/h1-9,12,18H,10-11H2. The molecule has 0 aliphatic heterocycles. The number of thioether (sulfide) groups is 1. The third-order valence-corrected chi connectivity index (χ3v) is 6.05. The lowest BCUT2D eigenvalue weighted by atomic mass is 10.1. The Morgan fingerprint density at radius 3 is 2.58 bits per heavy atom. The van der Waals surface area contributed by atoms with Crippen LogP contribution in [0.5, 0.6) is 0 Å². The molecule has 1 unspecified atom stereocenters. The van der Waals surface area contributed by atoms with Gasteiger partial charge in [0, 0.05) is 44.5 Å². The molecular formula is C18H15BrCl2N2S. The second kappa shape index (κ2) is 8.43. The number of halogens is 3. The molecule has 1 atom stereocenters. The van der Waals surface area contributed by atoms with Gasteiger partial charge in [-0.3, -0.25) is 0 Å². The third kappa shape index (κ3) is 4.79. The smallest absolute Gasteiger partial charge is 0.0946 e. The summed E-state index contributed by atoms with van der Waals surface area (Å²) in [5.41, 5.74) is 2.38. The molecule has 0 aliphatic carbocycles. The van der Waals surface area contributed by atoms with Crippen molar-refractivity contribution in [1.29, 1.82) is 0 Å². The van der Waals surface area contributed by atoms with Crippen molar-refractivity contribution in [3.8, 4) is 0 Å². The van der Waals surface area contributed by atoms with Crippen LogP contribution >= 0.6 is 50.9 Å². The number of imidazole rings is 1.